The molecule has 7 nitrogen and oxygen atoms in total. The topological polar surface area (TPSA) is 90.3 Å². The predicted molar refractivity (Wildman–Crippen MR) is 102 cm³/mol. The second kappa shape index (κ2) is 7.16. The van der Waals surface area contributed by atoms with E-state index >= 15 is 0 Å². The van der Waals surface area contributed by atoms with E-state index in [9.17, 15) is 18.8 Å². The largest absolute Gasteiger partial charge is 0.461 e. The van der Waals surface area contributed by atoms with Crippen LogP contribution in [-0.2, 0) is 9.53 Å². The van der Waals surface area contributed by atoms with Crippen LogP contribution in [0.15, 0.2) is 34.4 Å². The number of carbonyl (C=O) groups excluding carboxylic acids is 2. The van der Waals surface area contributed by atoms with Gasteiger partial charge in [0.1, 0.15) is 10.8 Å². The number of hydrogen-bond donors (Lipinski definition) is 1. The molecule has 2 heterocycles. The maximum absolute atomic E-state index is 13.7. The van der Waals surface area contributed by atoms with Crippen molar-refractivity contribution in [2.24, 2.45) is 5.92 Å². The van der Waals surface area contributed by atoms with E-state index in [2.05, 4.69) is 10.4 Å². The first-order valence-electron chi connectivity index (χ1n) is 8.78. The van der Waals surface area contributed by atoms with Gasteiger partial charge < -0.3 is 10.1 Å². The number of nitrogens with one attached hydrogen (secondary N) is 1. The molecule has 0 bridgehead atoms. The molecule has 2 aromatic heterocycles. The molecule has 9 heteroatoms. The molecular formula is C19H16FN3O4S. The molecule has 1 N–H and O–H groups in total. The van der Waals surface area contributed by atoms with Gasteiger partial charge in [0.2, 0.25) is 5.91 Å². The second-order valence-corrected chi connectivity index (χ2v) is 7.26. The van der Waals surface area contributed by atoms with Gasteiger partial charge in [-0.2, -0.15) is 9.78 Å². The van der Waals surface area contributed by atoms with Crippen molar-refractivity contribution in [2.75, 3.05) is 11.9 Å². The first kappa shape index (κ1) is 18.3. The van der Waals surface area contributed by atoms with Gasteiger partial charge in [0, 0.05) is 16.7 Å². The van der Waals surface area contributed by atoms with E-state index in [1.165, 1.54) is 18.2 Å². The highest BCUT2D eigenvalue weighted by Gasteiger charge is 2.31. The smallest absolute Gasteiger partial charge is 0.359 e. The summed E-state index contributed by atoms with van der Waals surface area (Å²) in [6.45, 7) is 1.79. The molecule has 1 aliphatic rings. The fraction of sp³-hybridized carbons (Fsp3) is 0.263. The lowest BCUT2D eigenvalue weighted by molar-refractivity contribution is -0.117. The molecule has 0 unspecified atom stereocenters. The molecule has 1 fully saturated rings. The van der Waals surface area contributed by atoms with Crippen LogP contribution >= 0.6 is 11.3 Å². The molecule has 0 spiro atoms. The van der Waals surface area contributed by atoms with E-state index in [1.807, 2.05) is 0 Å². The monoisotopic (exact) mass is 401 g/mol. The normalized spacial score (nSPS) is 13.5. The number of anilines is 1. The lowest BCUT2D eigenvalue weighted by Gasteiger charge is -2.10. The van der Waals surface area contributed by atoms with Crippen LogP contribution in [0.1, 0.15) is 30.3 Å². The zero-order valence-corrected chi connectivity index (χ0v) is 15.7. The van der Waals surface area contributed by atoms with Crippen LogP contribution in [0.2, 0.25) is 0 Å². The van der Waals surface area contributed by atoms with Gasteiger partial charge in [0.05, 0.1) is 17.7 Å². The number of thiophene rings is 1. The summed E-state index contributed by atoms with van der Waals surface area (Å²) in [6.07, 6.45) is 1.64. The van der Waals surface area contributed by atoms with E-state index in [1.54, 1.807) is 12.3 Å². The highest BCUT2D eigenvalue weighted by molar-refractivity contribution is 7.16. The Labute approximate surface area is 162 Å². The van der Waals surface area contributed by atoms with E-state index in [4.69, 9.17) is 4.74 Å². The Hall–Kier alpha value is -3.07. The Kier molecular flexibility index (Phi) is 4.68. The van der Waals surface area contributed by atoms with Crippen molar-refractivity contribution < 1.29 is 18.7 Å². The minimum Gasteiger partial charge on any atom is -0.461 e. The molecule has 1 amide bonds. The second-order valence-electron chi connectivity index (χ2n) is 6.38. The zero-order valence-electron chi connectivity index (χ0n) is 14.9. The van der Waals surface area contributed by atoms with E-state index < -0.39 is 17.3 Å². The minimum atomic E-state index is -0.699. The van der Waals surface area contributed by atoms with Gasteiger partial charge in [-0.1, -0.05) is 6.07 Å². The average molecular weight is 401 g/mol. The third kappa shape index (κ3) is 3.29. The number of aromatic nitrogens is 2. The van der Waals surface area contributed by atoms with Gasteiger partial charge >= 0.3 is 5.97 Å². The number of hydrogen-bond acceptors (Lipinski definition) is 6. The van der Waals surface area contributed by atoms with Gasteiger partial charge in [-0.15, -0.1) is 11.3 Å². The fourth-order valence-electron chi connectivity index (χ4n) is 2.83. The molecule has 1 aliphatic carbocycles. The Bertz CT molecular complexity index is 1150. The minimum absolute atomic E-state index is 0.0473. The molecule has 0 atom stereocenters. The van der Waals surface area contributed by atoms with Crippen LogP contribution in [0.3, 0.4) is 0 Å². The van der Waals surface area contributed by atoms with Crippen molar-refractivity contribution in [1.29, 1.82) is 0 Å². The van der Waals surface area contributed by atoms with Crippen molar-refractivity contribution >= 4 is 39.0 Å². The summed E-state index contributed by atoms with van der Waals surface area (Å²) in [5, 5.41) is 9.28. The number of benzene rings is 1. The van der Waals surface area contributed by atoms with Gasteiger partial charge in [-0.25, -0.2) is 9.18 Å². The Morgan fingerprint density at radius 2 is 2.18 bits per heavy atom. The molecule has 0 aliphatic heterocycles. The third-order valence-electron chi connectivity index (χ3n) is 4.36. The number of fused-ring (bicyclic) bond motifs is 1. The summed E-state index contributed by atoms with van der Waals surface area (Å²) in [5.74, 6) is -1.45. The van der Waals surface area contributed by atoms with Crippen LogP contribution in [-0.4, -0.2) is 28.3 Å². The number of ether oxygens (including phenoxy) is 1. The molecule has 0 saturated heterocycles. The van der Waals surface area contributed by atoms with Crippen LogP contribution < -0.4 is 10.9 Å². The van der Waals surface area contributed by atoms with Crippen molar-refractivity contribution in [3.05, 3.63) is 51.5 Å². The highest BCUT2D eigenvalue weighted by Crippen LogP contribution is 2.34. The molecule has 3 aromatic rings. The molecule has 0 radical (unpaired) electrons. The maximum atomic E-state index is 13.7. The number of esters is 1. The van der Waals surface area contributed by atoms with E-state index in [0.29, 0.717) is 10.4 Å². The first-order valence-corrected chi connectivity index (χ1v) is 9.66. The van der Waals surface area contributed by atoms with Crippen molar-refractivity contribution in [3.8, 4) is 5.69 Å². The highest BCUT2D eigenvalue weighted by atomic mass is 32.1. The quantitative estimate of drug-likeness (QED) is 0.664. The maximum Gasteiger partial charge on any atom is 0.359 e. The summed E-state index contributed by atoms with van der Waals surface area (Å²) >= 11 is 1.14. The predicted octanol–water partition coefficient (Wildman–Crippen LogP) is 3.11. The van der Waals surface area contributed by atoms with Crippen molar-refractivity contribution in [1.82, 2.24) is 9.78 Å². The molecule has 28 heavy (non-hydrogen) atoms. The lowest BCUT2D eigenvalue weighted by Crippen LogP contribution is -2.25. The van der Waals surface area contributed by atoms with E-state index in [0.717, 1.165) is 34.9 Å². The Morgan fingerprint density at radius 1 is 1.39 bits per heavy atom. The van der Waals surface area contributed by atoms with Crippen LogP contribution in [0.25, 0.3) is 16.5 Å². The summed E-state index contributed by atoms with van der Waals surface area (Å²) in [4.78, 5) is 37.7. The molecular weight excluding hydrogens is 385 g/mol. The molecule has 1 aromatic carbocycles. The van der Waals surface area contributed by atoms with Crippen molar-refractivity contribution in [3.63, 3.8) is 0 Å². The molecule has 1 saturated carbocycles. The zero-order chi connectivity index (χ0) is 19.8. The molecule has 4 rings (SSSR count). The SMILES string of the molecule is CCOC(=O)c1nn(-c2cccc(F)c2)c(=O)c2c(NC(=O)C3CC3)scc12. The van der Waals surface area contributed by atoms with E-state index in [-0.39, 0.29) is 35.2 Å². The Morgan fingerprint density at radius 3 is 2.86 bits per heavy atom. The number of nitrogens with zero attached hydrogens (tertiary/aromatic N) is 2. The van der Waals surface area contributed by atoms with Gasteiger partial charge in [-0.3, -0.25) is 9.59 Å². The van der Waals surface area contributed by atoms with Crippen molar-refractivity contribution in [2.45, 2.75) is 19.8 Å². The standard InChI is InChI=1S/C19H16FN3O4S/c1-2-27-19(26)15-13-9-28-17(21-16(24)10-6-7-10)14(13)18(25)23(22-15)12-5-3-4-11(20)8-12/h3-5,8-10H,2,6-7H2,1H3,(H,21,24). The van der Waals surface area contributed by atoms with Crippen LogP contribution in [0.5, 0.6) is 0 Å². The Balaban J connectivity index is 1.93. The van der Waals surface area contributed by atoms with Gasteiger partial charge in [-0.05, 0) is 38.0 Å². The fourth-order valence-corrected chi connectivity index (χ4v) is 3.77. The number of rotatable bonds is 5. The first-order chi connectivity index (χ1) is 13.5. The average Bonchev–Trinajstić information content (AvgIpc) is 3.44. The summed E-state index contributed by atoms with van der Waals surface area (Å²) in [5.41, 5.74) is -0.451. The lowest BCUT2D eigenvalue weighted by atomic mass is 10.2. The van der Waals surface area contributed by atoms with Gasteiger partial charge in [0.15, 0.2) is 5.69 Å². The third-order valence-corrected chi connectivity index (χ3v) is 5.25. The molecule has 144 valence electrons. The summed E-state index contributed by atoms with van der Waals surface area (Å²) < 4.78 is 19.7. The van der Waals surface area contributed by atoms with Crippen LogP contribution in [0, 0.1) is 11.7 Å². The van der Waals surface area contributed by atoms with Gasteiger partial charge in [0.25, 0.3) is 5.56 Å². The summed E-state index contributed by atoms with van der Waals surface area (Å²) in [7, 11) is 0. The van der Waals surface area contributed by atoms with Crippen LogP contribution in [0.4, 0.5) is 9.39 Å². The number of amides is 1. The number of carbonyl (C=O) groups is 2. The number of halogens is 1. The summed E-state index contributed by atoms with van der Waals surface area (Å²) in [6, 6.07) is 5.33.